The minimum absolute atomic E-state index is 0.0506. The maximum Gasteiger partial charge on any atom is 0.350 e. The summed E-state index contributed by atoms with van der Waals surface area (Å²) in [5, 5.41) is 11.6. The molecule has 32 heavy (non-hydrogen) atoms. The number of rotatable bonds is 8. The first-order chi connectivity index (χ1) is 15.3. The van der Waals surface area contributed by atoms with E-state index in [-0.39, 0.29) is 40.8 Å². The fraction of sp³-hybridized carbons (Fsp3) is 0.227. The van der Waals surface area contributed by atoms with Crippen molar-refractivity contribution in [3.8, 4) is 0 Å². The molecule has 3 rings (SSSR count). The van der Waals surface area contributed by atoms with Crippen LogP contribution in [0.4, 0.5) is 15.2 Å². The molecule has 0 radical (unpaired) electrons. The molecule has 0 N–H and O–H groups in total. The standard InChI is InChI=1S/C22H20FN3O5S/c1-3-31-21(28)20-14(2)24-22(32-20)25(13-15-8-10-17(23)11-9-15)19(27)12-16-6-4-5-7-18(16)26(29)30/h4-11H,3,12-13H2,1-2H3. The van der Waals surface area contributed by atoms with E-state index in [4.69, 9.17) is 4.74 Å². The summed E-state index contributed by atoms with van der Waals surface area (Å²) in [4.78, 5) is 42.2. The predicted octanol–water partition coefficient (Wildman–Crippen LogP) is 4.45. The Bertz CT molecular complexity index is 1150. The van der Waals surface area contributed by atoms with E-state index in [0.717, 1.165) is 11.3 Å². The molecule has 0 aliphatic heterocycles. The third-order valence-corrected chi connectivity index (χ3v) is 5.72. The van der Waals surface area contributed by atoms with Crippen LogP contribution in [0.2, 0.25) is 0 Å². The number of carbonyl (C=O) groups excluding carboxylic acids is 2. The number of benzene rings is 2. The quantitative estimate of drug-likeness (QED) is 0.281. The Kier molecular flexibility index (Phi) is 7.26. The number of carbonyl (C=O) groups is 2. The Labute approximate surface area is 187 Å². The third-order valence-electron chi connectivity index (χ3n) is 4.56. The van der Waals surface area contributed by atoms with Crippen LogP contribution in [0, 0.1) is 22.9 Å². The normalized spacial score (nSPS) is 10.6. The molecule has 1 aromatic heterocycles. The smallest absolute Gasteiger partial charge is 0.350 e. The number of nitro groups is 1. The zero-order valence-electron chi connectivity index (χ0n) is 17.4. The highest BCUT2D eigenvalue weighted by molar-refractivity contribution is 7.17. The molecule has 0 bridgehead atoms. The van der Waals surface area contributed by atoms with Gasteiger partial charge in [-0.2, -0.15) is 0 Å². The van der Waals surface area contributed by atoms with Crippen molar-refractivity contribution in [3.05, 3.63) is 86.2 Å². The van der Waals surface area contributed by atoms with E-state index in [1.165, 1.54) is 47.4 Å². The molecule has 166 valence electrons. The minimum Gasteiger partial charge on any atom is -0.462 e. The number of para-hydroxylation sites is 1. The van der Waals surface area contributed by atoms with E-state index < -0.39 is 22.6 Å². The molecule has 1 heterocycles. The van der Waals surface area contributed by atoms with Crippen molar-refractivity contribution in [2.75, 3.05) is 11.5 Å². The van der Waals surface area contributed by atoms with E-state index in [9.17, 15) is 24.1 Å². The molecule has 0 saturated carbocycles. The average Bonchev–Trinajstić information content (AvgIpc) is 3.15. The molecule has 0 aliphatic rings. The number of halogens is 1. The lowest BCUT2D eigenvalue weighted by Crippen LogP contribution is -2.32. The maximum absolute atomic E-state index is 13.3. The zero-order valence-corrected chi connectivity index (χ0v) is 18.2. The Hall–Kier alpha value is -3.66. The Morgan fingerprint density at radius 2 is 1.88 bits per heavy atom. The summed E-state index contributed by atoms with van der Waals surface area (Å²) >= 11 is 0.999. The van der Waals surface area contributed by atoms with Gasteiger partial charge in [-0.15, -0.1) is 0 Å². The highest BCUT2D eigenvalue weighted by Crippen LogP contribution is 2.29. The molecular formula is C22H20FN3O5S. The maximum atomic E-state index is 13.3. The van der Waals surface area contributed by atoms with Gasteiger partial charge in [-0.3, -0.25) is 19.8 Å². The molecule has 1 amide bonds. The first kappa shape index (κ1) is 23.0. The second-order valence-corrected chi connectivity index (χ2v) is 7.78. The topological polar surface area (TPSA) is 103 Å². The number of aryl methyl sites for hydroxylation is 1. The number of ether oxygens (including phenoxy) is 1. The molecule has 8 nitrogen and oxygen atoms in total. The van der Waals surface area contributed by atoms with Crippen LogP contribution in [-0.4, -0.2) is 28.4 Å². The van der Waals surface area contributed by atoms with Gasteiger partial charge in [-0.1, -0.05) is 41.7 Å². The minimum atomic E-state index is -0.542. The second kappa shape index (κ2) is 10.1. The van der Waals surface area contributed by atoms with Gasteiger partial charge >= 0.3 is 5.97 Å². The summed E-state index contributed by atoms with van der Waals surface area (Å²) < 4.78 is 18.4. The number of esters is 1. The van der Waals surface area contributed by atoms with Gasteiger partial charge in [0, 0.05) is 11.6 Å². The van der Waals surface area contributed by atoms with Gasteiger partial charge in [0.2, 0.25) is 5.91 Å². The number of anilines is 1. The van der Waals surface area contributed by atoms with Crippen LogP contribution >= 0.6 is 11.3 Å². The van der Waals surface area contributed by atoms with Crippen LogP contribution < -0.4 is 4.90 Å². The fourth-order valence-corrected chi connectivity index (χ4v) is 3.99. The third kappa shape index (κ3) is 5.33. The lowest BCUT2D eigenvalue weighted by molar-refractivity contribution is -0.385. The Morgan fingerprint density at radius 1 is 1.19 bits per heavy atom. The number of nitrogens with zero attached hydrogens (tertiary/aromatic N) is 3. The van der Waals surface area contributed by atoms with Gasteiger partial charge in [0.1, 0.15) is 10.7 Å². The molecule has 0 spiro atoms. The highest BCUT2D eigenvalue weighted by Gasteiger charge is 2.26. The van der Waals surface area contributed by atoms with Crippen molar-refractivity contribution < 1.29 is 23.6 Å². The monoisotopic (exact) mass is 457 g/mol. The molecule has 0 atom stereocenters. The number of amides is 1. The zero-order chi connectivity index (χ0) is 23.3. The van der Waals surface area contributed by atoms with Crippen molar-refractivity contribution in [2.24, 2.45) is 0 Å². The highest BCUT2D eigenvalue weighted by atomic mass is 32.1. The number of aromatic nitrogens is 1. The molecule has 0 unspecified atom stereocenters. The summed E-state index contributed by atoms with van der Waals surface area (Å²) in [6, 6.07) is 11.6. The molecule has 0 saturated heterocycles. The van der Waals surface area contributed by atoms with E-state index in [2.05, 4.69) is 4.98 Å². The van der Waals surface area contributed by atoms with Crippen LogP contribution in [0.5, 0.6) is 0 Å². The molecule has 2 aromatic carbocycles. The van der Waals surface area contributed by atoms with E-state index in [1.807, 2.05) is 0 Å². The van der Waals surface area contributed by atoms with E-state index in [0.29, 0.717) is 11.3 Å². The largest absolute Gasteiger partial charge is 0.462 e. The van der Waals surface area contributed by atoms with Crippen molar-refractivity contribution in [2.45, 2.75) is 26.8 Å². The summed E-state index contributed by atoms with van der Waals surface area (Å²) in [6.07, 6.45) is -0.244. The number of thiazole rings is 1. The Morgan fingerprint density at radius 3 is 2.53 bits per heavy atom. The molecular weight excluding hydrogens is 437 g/mol. The summed E-state index contributed by atoms with van der Waals surface area (Å²) in [6.45, 7) is 3.57. The van der Waals surface area contributed by atoms with Gasteiger partial charge < -0.3 is 4.74 Å². The summed E-state index contributed by atoms with van der Waals surface area (Å²) in [5.41, 5.74) is 1.13. The number of hydrogen-bond donors (Lipinski definition) is 0. The second-order valence-electron chi connectivity index (χ2n) is 6.80. The van der Waals surface area contributed by atoms with Crippen molar-refractivity contribution in [1.29, 1.82) is 0 Å². The molecule has 3 aromatic rings. The first-order valence-electron chi connectivity index (χ1n) is 9.71. The van der Waals surface area contributed by atoms with Gasteiger partial charge in [0.25, 0.3) is 5.69 Å². The van der Waals surface area contributed by atoms with Crippen LogP contribution in [0.15, 0.2) is 48.5 Å². The SMILES string of the molecule is CCOC(=O)c1sc(N(Cc2ccc(F)cc2)C(=O)Cc2ccccc2[N+](=O)[O-])nc1C. The Balaban J connectivity index is 1.97. The van der Waals surface area contributed by atoms with Crippen LogP contribution in [0.1, 0.15) is 33.4 Å². The van der Waals surface area contributed by atoms with Gasteiger partial charge in [-0.25, -0.2) is 14.2 Å². The van der Waals surface area contributed by atoms with Crippen LogP contribution in [0.25, 0.3) is 0 Å². The first-order valence-corrected chi connectivity index (χ1v) is 10.5. The average molecular weight is 457 g/mol. The van der Waals surface area contributed by atoms with Gasteiger partial charge in [0.15, 0.2) is 5.13 Å². The van der Waals surface area contributed by atoms with Gasteiger partial charge in [0.05, 0.1) is 30.2 Å². The van der Waals surface area contributed by atoms with E-state index >= 15 is 0 Å². The lowest BCUT2D eigenvalue weighted by Gasteiger charge is -2.20. The van der Waals surface area contributed by atoms with E-state index in [1.54, 1.807) is 19.9 Å². The van der Waals surface area contributed by atoms with Gasteiger partial charge in [-0.05, 0) is 31.5 Å². The van der Waals surface area contributed by atoms with Crippen LogP contribution in [0.3, 0.4) is 0 Å². The van der Waals surface area contributed by atoms with Crippen molar-refractivity contribution in [3.63, 3.8) is 0 Å². The van der Waals surface area contributed by atoms with Crippen molar-refractivity contribution in [1.82, 2.24) is 4.98 Å². The summed E-state index contributed by atoms with van der Waals surface area (Å²) in [7, 11) is 0. The molecule has 10 heteroatoms. The molecule has 0 fully saturated rings. The van der Waals surface area contributed by atoms with Crippen LogP contribution in [-0.2, 0) is 22.5 Å². The fourth-order valence-electron chi connectivity index (χ4n) is 3.02. The van der Waals surface area contributed by atoms with Crippen molar-refractivity contribution >= 4 is 34.0 Å². The number of hydrogen-bond acceptors (Lipinski definition) is 7. The summed E-state index contributed by atoms with van der Waals surface area (Å²) in [5.74, 6) is -1.41. The molecule has 0 aliphatic carbocycles. The lowest BCUT2D eigenvalue weighted by atomic mass is 10.1. The number of nitro benzene ring substituents is 1. The predicted molar refractivity (Wildman–Crippen MR) is 117 cm³/mol.